The fourth-order valence-electron chi connectivity index (χ4n) is 1.35. The largest absolute Gasteiger partial charge is 0.491 e. The minimum absolute atomic E-state index is 0.0969. The van der Waals surface area contributed by atoms with Gasteiger partial charge in [-0.3, -0.25) is 4.79 Å². The third-order valence-corrected chi connectivity index (χ3v) is 2.31. The molecule has 18 heavy (non-hydrogen) atoms. The fourth-order valence-corrected chi connectivity index (χ4v) is 1.45. The number of anilines is 1. The van der Waals surface area contributed by atoms with Gasteiger partial charge in [-0.2, -0.15) is 0 Å². The van der Waals surface area contributed by atoms with Crippen molar-refractivity contribution in [2.75, 3.05) is 5.32 Å². The highest BCUT2D eigenvalue weighted by atomic mass is 32.1. The van der Waals surface area contributed by atoms with Gasteiger partial charge >= 0.3 is 0 Å². The van der Waals surface area contributed by atoms with E-state index in [1.807, 2.05) is 26.0 Å². The molecule has 0 aliphatic carbocycles. The Kier molecular flexibility index (Phi) is 5.58. The second kappa shape index (κ2) is 6.96. The van der Waals surface area contributed by atoms with Crippen molar-refractivity contribution >= 4 is 28.8 Å². The Bertz CT molecular complexity index is 416. The van der Waals surface area contributed by atoms with E-state index in [1.165, 1.54) is 0 Å². The Morgan fingerprint density at radius 2 is 1.94 bits per heavy atom. The number of carbonyl (C=O) groups excluding carboxylic acids is 1. The van der Waals surface area contributed by atoms with Gasteiger partial charge < -0.3 is 15.8 Å². The van der Waals surface area contributed by atoms with Crippen LogP contribution >= 0.6 is 12.2 Å². The number of ether oxygens (including phenoxy) is 1. The van der Waals surface area contributed by atoms with Crippen LogP contribution in [0.4, 0.5) is 5.69 Å². The maximum Gasteiger partial charge on any atom is 0.224 e. The summed E-state index contributed by atoms with van der Waals surface area (Å²) in [6, 6.07) is 7.25. The number of amides is 1. The first-order chi connectivity index (χ1) is 8.47. The zero-order valence-corrected chi connectivity index (χ0v) is 11.4. The summed E-state index contributed by atoms with van der Waals surface area (Å²) in [5, 5.41) is 2.77. The van der Waals surface area contributed by atoms with Crippen molar-refractivity contribution in [2.24, 2.45) is 5.73 Å². The number of hydrogen-bond donors (Lipinski definition) is 2. The molecule has 1 amide bonds. The lowest BCUT2D eigenvalue weighted by atomic mass is 10.2. The summed E-state index contributed by atoms with van der Waals surface area (Å²) < 4.78 is 5.51. The molecule has 0 atom stereocenters. The molecule has 0 spiro atoms. The van der Waals surface area contributed by atoms with Crippen molar-refractivity contribution in [3.63, 3.8) is 0 Å². The molecule has 0 fully saturated rings. The summed E-state index contributed by atoms with van der Waals surface area (Å²) in [5.41, 5.74) is 6.07. The van der Waals surface area contributed by atoms with Crippen LogP contribution in [0.1, 0.15) is 26.7 Å². The van der Waals surface area contributed by atoms with Crippen molar-refractivity contribution in [1.29, 1.82) is 0 Å². The molecule has 0 heterocycles. The molecule has 1 aromatic carbocycles. The second-order valence-electron chi connectivity index (χ2n) is 4.21. The average molecular weight is 266 g/mol. The zero-order valence-electron chi connectivity index (χ0n) is 10.6. The van der Waals surface area contributed by atoms with Crippen LogP contribution in [-0.2, 0) is 4.79 Å². The van der Waals surface area contributed by atoms with E-state index in [-0.39, 0.29) is 12.0 Å². The van der Waals surface area contributed by atoms with Crippen LogP contribution in [0.25, 0.3) is 0 Å². The van der Waals surface area contributed by atoms with E-state index in [9.17, 15) is 4.79 Å². The van der Waals surface area contributed by atoms with Gasteiger partial charge in [0.25, 0.3) is 0 Å². The molecular formula is C13H18N2O2S. The second-order valence-corrected chi connectivity index (χ2v) is 4.73. The van der Waals surface area contributed by atoms with Crippen LogP contribution in [0.3, 0.4) is 0 Å². The SMILES string of the molecule is CC(C)Oc1ccc(NC(=O)CCC(N)=S)cc1. The molecule has 0 aliphatic rings. The van der Waals surface area contributed by atoms with E-state index in [2.05, 4.69) is 5.32 Å². The monoisotopic (exact) mass is 266 g/mol. The van der Waals surface area contributed by atoms with Crippen molar-refractivity contribution in [3.8, 4) is 5.75 Å². The van der Waals surface area contributed by atoms with E-state index >= 15 is 0 Å². The zero-order chi connectivity index (χ0) is 13.5. The summed E-state index contributed by atoms with van der Waals surface area (Å²) in [7, 11) is 0. The van der Waals surface area contributed by atoms with E-state index in [1.54, 1.807) is 12.1 Å². The molecule has 5 heteroatoms. The summed E-state index contributed by atoms with van der Waals surface area (Å²) in [4.78, 5) is 11.9. The number of benzene rings is 1. The van der Waals surface area contributed by atoms with Gasteiger partial charge in [0, 0.05) is 18.5 Å². The van der Waals surface area contributed by atoms with Gasteiger partial charge in [0.1, 0.15) is 5.75 Å². The summed E-state index contributed by atoms with van der Waals surface area (Å²) >= 11 is 4.72. The molecular weight excluding hydrogens is 248 g/mol. The Labute approximate surface area is 113 Å². The predicted molar refractivity (Wildman–Crippen MR) is 76.9 cm³/mol. The van der Waals surface area contributed by atoms with Gasteiger partial charge in [-0.05, 0) is 38.1 Å². The van der Waals surface area contributed by atoms with Crippen LogP contribution in [-0.4, -0.2) is 17.0 Å². The number of thiocarbonyl (C=S) groups is 1. The highest BCUT2D eigenvalue weighted by Gasteiger charge is 2.04. The third-order valence-electron chi connectivity index (χ3n) is 2.11. The van der Waals surface area contributed by atoms with Gasteiger partial charge in [-0.1, -0.05) is 12.2 Å². The van der Waals surface area contributed by atoms with Crippen LogP contribution in [0.15, 0.2) is 24.3 Å². The lowest BCUT2D eigenvalue weighted by molar-refractivity contribution is -0.116. The number of carbonyl (C=O) groups is 1. The van der Waals surface area contributed by atoms with Crippen LogP contribution < -0.4 is 15.8 Å². The predicted octanol–water partition coefficient (Wildman–Crippen LogP) is 2.48. The van der Waals surface area contributed by atoms with E-state index < -0.39 is 0 Å². The average Bonchev–Trinajstić information content (AvgIpc) is 2.28. The molecule has 0 aliphatic heterocycles. The van der Waals surface area contributed by atoms with Gasteiger partial charge in [-0.15, -0.1) is 0 Å². The summed E-state index contributed by atoms with van der Waals surface area (Å²) in [6.07, 6.45) is 0.867. The van der Waals surface area contributed by atoms with Gasteiger partial charge in [0.2, 0.25) is 5.91 Å². The van der Waals surface area contributed by atoms with E-state index in [4.69, 9.17) is 22.7 Å². The molecule has 0 bridgehead atoms. The molecule has 1 rings (SSSR count). The van der Waals surface area contributed by atoms with Gasteiger partial charge in [0.15, 0.2) is 0 Å². The Morgan fingerprint density at radius 3 is 2.44 bits per heavy atom. The van der Waals surface area contributed by atoms with E-state index in [0.717, 1.165) is 11.4 Å². The maximum atomic E-state index is 11.5. The number of hydrogen-bond acceptors (Lipinski definition) is 3. The minimum Gasteiger partial charge on any atom is -0.491 e. The van der Waals surface area contributed by atoms with Gasteiger partial charge in [0.05, 0.1) is 11.1 Å². The van der Waals surface area contributed by atoms with E-state index in [0.29, 0.717) is 17.8 Å². The van der Waals surface area contributed by atoms with Crippen LogP contribution in [0.5, 0.6) is 5.75 Å². The molecule has 0 saturated carbocycles. The highest BCUT2D eigenvalue weighted by Crippen LogP contribution is 2.17. The van der Waals surface area contributed by atoms with Crippen LogP contribution in [0.2, 0.25) is 0 Å². The minimum atomic E-state index is -0.0969. The lowest BCUT2D eigenvalue weighted by Gasteiger charge is -2.10. The molecule has 4 nitrogen and oxygen atoms in total. The van der Waals surface area contributed by atoms with Crippen molar-refractivity contribution in [3.05, 3.63) is 24.3 Å². The van der Waals surface area contributed by atoms with Crippen molar-refractivity contribution in [1.82, 2.24) is 0 Å². The van der Waals surface area contributed by atoms with Crippen LogP contribution in [0, 0.1) is 0 Å². The Hall–Kier alpha value is -1.62. The molecule has 0 saturated heterocycles. The summed E-state index contributed by atoms with van der Waals surface area (Å²) in [5.74, 6) is 0.687. The standard InChI is InChI=1S/C13H18N2O2S/c1-9(2)17-11-5-3-10(4-6-11)15-13(16)8-7-12(14)18/h3-6,9H,7-8H2,1-2H3,(H2,14,18)(H,15,16). The molecule has 0 radical (unpaired) electrons. The number of nitrogens with one attached hydrogen (secondary N) is 1. The molecule has 3 N–H and O–H groups in total. The third kappa shape index (κ3) is 5.63. The Morgan fingerprint density at radius 1 is 1.33 bits per heavy atom. The lowest BCUT2D eigenvalue weighted by Crippen LogP contribution is -2.16. The fraction of sp³-hybridized carbons (Fsp3) is 0.385. The molecule has 0 aromatic heterocycles. The first-order valence-electron chi connectivity index (χ1n) is 5.82. The van der Waals surface area contributed by atoms with Gasteiger partial charge in [-0.25, -0.2) is 0 Å². The number of nitrogens with two attached hydrogens (primary N) is 1. The summed E-state index contributed by atoms with van der Waals surface area (Å²) in [6.45, 7) is 3.93. The highest BCUT2D eigenvalue weighted by molar-refractivity contribution is 7.80. The topological polar surface area (TPSA) is 64.3 Å². The van der Waals surface area contributed by atoms with Crippen molar-refractivity contribution < 1.29 is 9.53 Å². The maximum absolute atomic E-state index is 11.5. The van der Waals surface area contributed by atoms with Crippen molar-refractivity contribution in [2.45, 2.75) is 32.8 Å². The smallest absolute Gasteiger partial charge is 0.224 e. The first-order valence-corrected chi connectivity index (χ1v) is 6.23. The number of rotatable bonds is 6. The quantitative estimate of drug-likeness (QED) is 0.776. The molecule has 0 unspecified atom stereocenters. The molecule has 98 valence electrons. The first kappa shape index (κ1) is 14.4. The molecule has 1 aromatic rings. The Balaban J connectivity index is 2.48. The normalized spacial score (nSPS) is 10.2.